The Morgan fingerprint density at radius 2 is 2.05 bits per heavy atom. The van der Waals surface area contributed by atoms with E-state index in [9.17, 15) is 14.7 Å². The summed E-state index contributed by atoms with van der Waals surface area (Å²) in [5, 5.41) is 12.3. The number of aromatic nitrogens is 1. The van der Waals surface area contributed by atoms with E-state index in [0.717, 1.165) is 5.56 Å². The van der Waals surface area contributed by atoms with Gasteiger partial charge in [-0.2, -0.15) is 0 Å². The number of Topliss-reactive ketones (excluding diaryl/α,β-unsaturated/α-hetero) is 1. The van der Waals surface area contributed by atoms with Crippen LogP contribution in [0.2, 0.25) is 0 Å². The van der Waals surface area contributed by atoms with Crippen molar-refractivity contribution in [1.82, 2.24) is 4.98 Å². The number of anilines is 1. The molecule has 1 N–H and O–H groups in total. The van der Waals surface area contributed by atoms with Crippen molar-refractivity contribution in [3.63, 3.8) is 0 Å². The molecule has 6 heteroatoms. The molecule has 0 saturated heterocycles. The van der Waals surface area contributed by atoms with Gasteiger partial charge in [-0.3, -0.25) is 14.5 Å². The van der Waals surface area contributed by atoms with Gasteiger partial charge >= 0.3 is 0 Å². The highest BCUT2D eigenvalue weighted by Crippen LogP contribution is 2.41. The quantitative estimate of drug-likeness (QED) is 0.946. The molecule has 1 atom stereocenters. The molecule has 0 radical (unpaired) electrons. The molecule has 2 aromatic rings. The van der Waals surface area contributed by atoms with Crippen molar-refractivity contribution in [1.29, 1.82) is 0 Å². The summed E-state index contributed by atoms with van der Waals surface area (Å²) in [6, 6.07) is 8.51. The molecule has 0 aliphatic carbocycles. The molecule has 0 saturated carbocycles. The summed E-state index contributed by atoms with van der Waals surface area (Å²) >= 11 is 1.28. The SMILES string of the molecule is CC(=O)C1=C(O)C(=O)N(c2nccs2)[C@@H]1c1ccccc1. The molecule has 1 aliphatic heterocycles. The van der Waals surface area contributed by atoms with Gasteiger partial charge in [0.2, 0.25) is 0 Å². The highest BCUT2D eigenvalue weighted by atomic mass is 32.1. The van der Waals surface area contributed by atoms with Crippen molar-refractivity contribution in [2.24, 2.45) is 0 Å². The van der Waals surface area contributed by atoms with Gasteiger partial charge < -0.3 is 5.11 Å². The number of aliphatic hydroxyl groups excluding tert-OH is 1. The number of thiazole rings is 1. The molecule has 1 amide bonds. The van der Waals surface area contributed by atoms with E-state index >= 15 is 0 Å². The zero-order chi connectivity index (χ0) is 15.0. The third kappa shape index (κ3) is 2.13. The van der Waals surface area contributed by atoms with Crippen LogP contribution in [-0.2, 0) is 9.59 Å². The van der Waals surface area contributed by atoms with Gasteiger partial charge in [-0.15, -0.1) is 11.3 Å². The van der Waals surface area contributed by atoms with Crippen LogP contribution < -0.4 is 4.90 Å². The van der Waals surface area contributed by atoms with Gasteiger partial charge in [-0.1, -0.05) is 30.3 Å². The van der Waals surface area contributed by atoms with Gasteiger partial charge in [-0.05, 0) is 12.5 Å². The number of aliphatic hydroxyl groups is 1. The molecule has 3 rings (SSSR count). The second-order valence-electron chi connectivity index (χ2n) is 4.62. The average molecular weight is 300 g/mol. The molecule has 1 aliphatic rings. The van der Waals surface area contributed by atoms with Crippen molar-refractivity contribution in [3.05, 3.63) is 58.8 Å². The van der Waals surface area contributed by atoms with Crippen LogP contribution in [0.5, 0.6) is 0 Å². The summed E-state index contributed by atoms with van der Waals surface area (Å²) in [6.45, 7) is 1.35. The lowest BCUT2D eigenvalue weighted by molar-refractivity contribution is -0.117. The number of amides is 1. The van der Waals surface area contributed by atoms with E-state index in [4.69, 9.17) is 0 Å². The first kappa shape index (κ1) is 13.5. The molecule has 21 heavy (non-hydrogen) atoms. The van der Waals surface area contributed by atoms with Crippen molar-refractivity contribution in [2.45, 2.75) is 13.0 Å². The third-order valence-corrected chi connectivity index (χ3v) is 4.10. The highest BCUT2D eigenvalue weighted by Gasteiger charge is 2.44. The van der Waals surface area contributed by atoms with Gasteiger partial charge in [0.05, 0.1) is 11.6 Å². The van der Waals surface area contributed by atoms with Crippen LogP contribution in [0.25, 0.3) is 0 Å². The van der Waals surface area contributed by atoms with E-state index in [1.807, 2.05) is 30.3 Å². The van der Waals surface area contributed by atoms with Crippen LogP contribution in [0.1, 0.15) is 18.5 Å². The number of carbonyl (C=O) groups excluding carboxylic acids is 2. The summed E-state index contributed by atoms with van der Waals surface area (Å²) in [6.07, 6.45) is 1.58. The van der Waals surface area contributed by atoms with Crippen molar-refractivity contribution in [2.75, 3.05) is 4.90 Å². The van der Waals surface area contributed by atoms with Crippen LogP contribution in [0.4, 0.5) is 5.13 Å². The first-order valence-electron chi connectivity index (χ1n) is 6.33. The summed E-state index contributed by atoms with van der Waals surface area (Å²) in [7, 11) is 0. The van der Waals surface area contributed by atoms with Crippen LogP contribution in [0.3, 0.4) is 0 Å². The monoisotopic (exact) mass is 300 g/mol. The smallest absolute Gasteiger partial charge is 0.296 e. The predicted octanol–water partition coefficient (Wildman–Crippen LogP) is 2.63. The Morgan fingerprint density at radius 3 is 2.62 bits per heavy atom. The van der Waals surface area contributed by atoms with Crippen LogP contribution in [-0.4, -0.2) is 21.8 Å². The first-order valence-corrected chi connectivity index (χ1v) is 7.21. The van der Waals surface area contributed by atoms with Gasteiger partial charge in [0.1, 0.15) is 0 Å². The number of carbonyl (C=O) groups is 2. The molecule has 2 heterocycles. The molecule has 0 unspecified atom stereocenters. The molecule has 0 fully saturated rings. The van der Waals surface area contributed by atoms with Crippen molar-refractivity contribution < 1.29 is 14.7 Å². The minimum Gasteiger partial charge on any atom is -0.503 e. The van der Waals surface area contributed by atoms with Crippen LogP contribution in [0.15, 0.2) is 53.2 Å². The number of rotatable bonds is 3. The molecule has 1 aromatic heterocycles. The lowest BCUT2D eigenvalue weighted by Gasteiger charge is -2.23. The van der Waals surface area contributed by atoms with Gasteiger partial charge in [0, 0.05) is 11.6 Å². The zero-order valence-electron chi connectivity index (χ0n) is 11.2. The van der Waals surface area contributed by atoms with E-state index in [1.165, 1.54) is 23.2 Å². The summed E-state index contributed by atoms with van der Waals surface area (Å²) in [5.41, 5.74) is 0.872. The Labute approximate surface area is 125 Å². The molecule has 1 aromatic carbocycles. The average Bonchev–Trinajstić information content (AvgIpc) is 3.07. The Morgan fingerprint density at radius 1 is 1.33 bits per heavy atom. The summed E-state index contributed by atoms with van der Waals surface area (Å²) in [4.78, 5) is 29.7. The Bertz CT molecular complexity index is 723. The topological polar surface area (TPSA) is 70.5 Å². The summed E-state index contributed by atoms with van der Waals surface area (Å²) < 4.78 is 0. The maximum absolute atomic E-state index is 12.3. The number of ketones is 1. The standard InChI is InChI=1S/C15H12N2O3S/c1-9(18)11-12(10-5-3-2-4-6-10)17(14(20)13(11)19)15-16-7-8-21-15/h2-8,12,19H,1H3/t12-/m1/s1. The number of hydrogen-bond acceptors (Lipinski definition) is 5. The number of hydrogen-bond donors (Lipinski definition) is 1. The summed E-state index contributed by atoms with van der Waals surface area (Å²) in [5.74, 6) is -1.41. The minimum absolute atomic E-state index is 0.112. The molecule has 0 spiro atoms. The molecular formula is C15H12N2O3S. The third-order valence-electron chi connectivity index (χ3n) is 3.33. The Kier molecular flexibility index (Phi) is 3.31. The highest BCUT2D eigenvalue weighted by molar-refractivity contribution is 7.13. The lowest BCUT2D eigenvalue weighted by atomic mass is 9.97. The Balaban J connectivity index is 2.18. The fraction of sp³-hybridized carbons (Fsp3) is 0.133. The van der Waals surface area contributed by atoms with Crippen molar-refractivity contribution in [3.8, 4) is 0 Å². The van der Waals surface area contributed by atoms with Crippen molar-refractivity contribution >= 4 is 28.2 Å². The number of benzene rings is 1. The minimum atomic E-state index is -0.637. The first-order chi connectivity index (χ1) is 10.1. The van der Waals surface area contributed by atoms with E-state index in [1.54, 1.807) is 11.6 Å². The van der Waals surface area contributed by atoms with E-state index in [0.29, 0.717) is 5.13 Å². The van der Waals surface area contributed by atoms with Crippen LogP contribution >= 0.6 is 11.3 Å². The predicted molar refractivity (Wildman–Crippen MR) is 79.1 cm³/mol. The second kappa shape index (κ2) is 5.14. The van der Waals surface area contributed by atoms with E-state index in [2.05, 4.69) is 4.98 Å². The number of nitrogens with zero attached hydrogens (tertiary/aromatic N) is 2. The molecule has 0 bridgehead atoms. The molecule has 106 valence electrons. The fourth-order valence-corrected chi connectivity index (χ4v) is 3.11. The zero-order valence-corrected chi connectivity index (χ0v) is 12.0. The van der Waals surface area contributed by atoms with E-state index < -0.39 is 17.7 Å². The second-order valence-corrected chi connectivity index (χ2v) is 5.49. The van der Waals surface area contributed by atoms with Gasteiger partial charge in [0.15, 0.2) is 16.7 Å². The van der Waals surface area contributed by atoms with Gasteiger partial charge in [-0.25, -0.2) is 4.98 Å². The maximum atomic E-state index is 12.3. The fourth-order valence-electron chi connectivity index (χ4n) is 2.45. The molecule has 5 nitrogen and oxygen atoms in total. The van der Waals surface area contributed by atoms with E-state index in [-0.39, 0.29) is 11.4 Å². The van der Waals surface area contributed by atoms with Gasteiger partial charge in [0.25, 0.3) is 5.91 Å². The van der Waals surface area contributed by atoms with Crippen LogP contribution in [0, 0.1) is 0 Å². The Hall–Kier alpha value is -2.47. The maximum Gasteiger partial charge on any atom is 0.296 e. The largest absolute Gasteiger partial charge is 0.503 e. The molecular weight excluding hydrogens is 288 g/mol. The normalized spacial score (nSPS) is 18.4. The lowest BCUT2D eigenvalue weighted by Crippen LogP contribution is -2.30.